The molecule has 0 spiro atoms. The molecule has 3 fully saturated rings. The maximum absolute atomic E-state index is 12.6. The molecule has 0 aromatic carbocycles. The van der Waals surface area contributed by atoms with Gasteiger partial charge in [0, 0.05) is 6.54 Å². The van der Waals surface area contributed by atoms with Crippen molar-refractivity contribution >= 4 is 23.6 Å². The first-order valence-corrected chi connectivity index (χ1v) is 7.93. The van der Waals surface area contributed by atoms with Crippen LogP contribution in [-0.4, -0.2) is 46.8 Å². The van der Waals surface area contributed by atoms with Crippen LogP contribution in [0, 0.1) is 11.8 Å². The first-order valence-electron chi connectivity index (χ1n) is 6.78. The predicted molar refractivity (Wildman–Crippen MR) is 71.3 cm³/mol. The van der Waals surface area contributed by atoms with E-state index >= 15 is 0 Å². The Morgan fingerprint density at radius 2 is 2.17 bits per heavy atom. The minimum atomic E-state index is -0.624. The molecule has 4 nitrogen and oxygen atoms in total. The Morgan fingerprint density at radius 3 is 2.78 bits per heavy atom. The Balaban J connectivity index is 1.72. The van der Waals surface area contributed by atoms with Gasteiger partial charge in [0.2, 0.25) is 11.8 Å². The monoisotopic (exact) mass is 268 g/mol. The van der Waals surface area contributed by atoms with Crippen LogP contribution in [0.4, 0.5) is 0 Å². The Morgan fingerprint density at radius 1 is 1.39 bits per heavy atom. The molecule has 2 saturated heterocycles. The fraction of sp³-hybridized carbons (Fsp3) is 0.846. The van der Waals surface area contributed by atoms with Gasteiger partial charge in [0.05, 0.1) is 6.54 Å². The fourth-order valence-corrected chi connectivity index (χ4v) is 4.35. The molecule has 0 bridgehead atoms. The molecule has 0 radical (unpaired) electrons. The maximum atomic E-state index is 12.6. The van der Waals surface area contributed by atoms with Crippen LogP contribution < -0.4 is 5.32 Å². The summed E-state index contributed by atoms with van der Waals surface area (Å²) in [6.07, 6.45) is 3.31. The summed E-state index contributed by atoms with van der Waals surface area (Å²) in [6, 6.07) is 0. The van der Waals surface area contributed by atoms with Gasteiger partial charge >= 0.3 is 0 Å². The lowest BCUT2D eigenvalue weighted by Gasteiger charge is -2.41. The second-order valence-electron chi connectivity index (χ2n) is 5.94. The fourth-order valence-electron chi connectivity index (χ4n) is 3.08. The number of nitrogens with one attached hydrogen (secondary N) is 1. The molecule has 2 atom stereocenters. The topological polar surface area (TPSA) is 49.4 Å². The van der Waals surface area contributed by atoms with Crippen molar-refractivity contribution in [3.8, 4) is 0 Å². The zero-order valence-corrected chi connectivity index (χ0v) is 11.6. The number of nitrogens with zero attached hydrogens (tertiary/aromatic N) is 1. The highest BCUT2D eigenvalue weighted by Gasteiger charge is 2.52. The highest BCUT2D eigenvalue weighted by atomic mass is 32.2. The van der Waals surface area contributed by atoms with Crippen LogP contribution >= 0.6 is 11.8 Å². The normalized spacial score (nSPS) is 36.9. The van der Waals surface area contributed by atoms with E-state index in [0.29, 0.717) is 11.8 Å². The summed E-state index contributed by atoms with van der Waals surface area (Å²) in [5, 5.41) is 2.92. The third kappa shape index (κ3) is 2.13. The molecule has 1 saturated carbocycles. The van der Waals surface area contributed by atoms with E-state index in [2.05, 4.69) is 5.32 Å². The zero-order valence-electron chi connectivity index (χ0n) is 10.8. The van der Waals surface area contributed by atoms with Crippen LogP contribution in [0.3, 0.4) is 0 Å². The van der Waals surface area contributed by atoms with Gasteiger partial charge in [0.25, 0.3) is 0 Å². The van der Waals surface area contributed by atoms with Gasteiger partial charge in [0.15, 0.2) is 0 Å². The van der Waals surface area contributed by atoms with Gasteiger partial charge in [-0.1, -0.05) is 0 Å². The smallest absolute Gasteiger partial charge is 0.248 e. The van der Waals surface area contributed by atoms with Gasteiger partial charge in [-0.05, 0) is 49.5 Å². The summed E-state index contributed by atoms with van der Waals surface area (Å²) in [4.78, 5) is 26.2. The predicted octanol–water partition coefficient (Wildman–Crippen LogP) is 0.867. The quantitative estimate of drug-likeness (QED) is 0.826. The zero-order chi connectivity index (χ0) is 12.8. The van der Waals surface area contributed by atoms with Crippen LogP contribution in [0.15, 0.2) is 0 Å². The van der Waals surface area contributed by atoms with Crippen LogP contribution in [0.5, 0.6) is 0 Å². The molecule has 100 valence electrons. The van der Waals surface area contributed by atoms with Gasteiger partial charge in [-0.25, -0.2) is 0 Å². The minimum Gasteiger partial charge on any atom is -0.340 e. The average molecular weight is 268 g/mol. The van der Waals surface area contributed by atoms with Crippen molar-refractivity contribution in [3.05, 3.63) is 0 Å². The lowest BCUT2D eigenvalue weighted by atomic mass is 9.91. The summed E-state index contributed by atoms with van der Waals surface area (Å²) >= 11 is 1.95. The first kappa shape index (κ1) is 12.3. The van der Waals surface area contributed by atoms with Crippen molar-refractivity contribution in [2.24, 2.45) is 11.8 Å². The molecular weight excluding hydrogens is 248 g/mol. The molecule has 2 heterocycles. The lowest BCUT2D eigenvalue weighted by molar-refractivity contribution is -0.150. The summed E-state index contributed by atoms with van der Waals surface area (Å²) < 4.78 is 0. The number of carbonyl (C=O) groups is 2. The number of carbonyl (C=O) groups excluding carboxylic acids is 2. The first-order chi connectivity index (χ1) is 8.59. The second-order valence-corrected chi connectivity index (χ2v) is 7.09. The molecule has 0 aromatic rings. The van der Waals surface area contributed by atoms with Crippen molar-refractivity contribution in [2.45, 2.75) is 31.7 Å². The molecule has 2 amide bonds. The van der Waals surface area contributed by atoms with E-state index in [1.807, 2.05) is 18.7 Å². The number of amides is 2. The molecule has 3 rings (SSSR count). The van der Waals surface area contributed by atoms with E-state index in [1.165, 1.54) is 12.2 Å². The second kappa shape index (κ2) is 4.44. The molecule has 5 heteroatoms. The van der Waals surface area contributed by atoms with E-state index in [4.69, 9.17) is 0 Å². The standard InChI is InChI=1S/C13H20N2O2S/c1-13(10-2-3-10)12(17)15(7-11(16)14-13)6-9-4-5-18-8-9/h9-10H,2-8H2,1H3,(H,14,16). The third-order valence-corrected chi connectivity index (χ3v) is 5.59. The van der Waals surface area contributed by atoms with E-state index < -0.39 is 5.54 Å². The van der Waals surface area contributed by atoms with Gasteiger partial charge in [-0.15, -0.1) is 0 Å². The van der Waals surface area contributed by atoms with Crippen molar-refractivity contribution in [2.75, 3.05) is 24.6 Å². The van der Waals surface area contributed by atoms with Crippen molar-refractivity contribution in [1.29, 1.82) is 0 Å². The summed E-state index contributed by atoms with van der Waals surface area (Å²) in [5.74, 6) is 3.41. The van der Waals surface area contributed by atoms with E-state index in [1.54, 1.807) is 4.90 Å². The SMILES string of the molecule is CC1(C2CC2)NC(=O)CN(CC2CCSC2)C1=O. The number of hydrogen-bond acceptors (Lipinski definition) is 3. The van der Waals surface area contributed by atoms with Crippen molar-refractivity contribution in [3.63, 3.8) is 0 Å². The van der Waals surface area contributed by atoms with E-state index in [-0.39, 0.29) is 18.4 Å². The molecule has 1 aliphatic carbocycles. The minimum absolute atomic E-state index is 0.00894. The number of thioether (sulfide) groups is 1. The lowest BCUT2D eigenvalue weighted by Crippen LogP contribution is -2.66. The molecule has 3 aliphatic rings. The van der Waals surface area contributed by atoms with Gasteiger partial charge in [-0.3, -0.25) is 9.59 Å². The van der Waals surface area contributed by atoms with Crippen LogP contribution in [0.2, 0.25) is 0 Å². The Labute approximate surface area is 112 Å². The van der Waals surface area contributed by atoms with E-state index in [0.717, 1.165) is 25.1 Å². The number of hydrogen-bond donors (Lipinski definition) is 1. The molecule has 2 unspecified atom stereocenters. The molecule has 2 aliphatic heterocycles. The summed E-state index contributed by atoms with van der Waals surface area (Å²) in [7, 11) is 0. The maximum Gasteiger partial charge on any atom is 0.248 e. The summed E-state index contributed by atoms with van der Waals surface area (Å²) in [5.41, 5.74) is -0.624. The largest absolute Gasteiger partial charge is 0.340 e. The van der Waals surface area contributed by atoms with E-state index in [9.17, 15) is 9.59 Å². The van der Waals surface area contributed by atoms with Crippen LogP contribution in [0.1, 0.15) is 26.2 Å². The number of rotatable bonds is 3. The van der Waals surface area contributed by atoms with Gasteiger partial charge in [-0.2, -0.15) is 11.8 Å². The van der Waals surface area contributed by atoms with Crippen molar-refractivity contribution < 1.29 is 9.59 Å². The summed E-state index contributed by atoms with van der Waals surface area (Å²) in [6.45, 7) is 2.92. The highest BCUT2D eigenvalue weighted by Crippen LogP contribution is 2.41. The molecule has 18 heavy (non-hydrogen) atoms. The molecular formula is C13H20N2O2S. The van der Waals surface area contributed by atoms with Crippen molar-refractivity contribution in [1.82, 2.24) is 10.2 Å². The highest BCUT2D eigenvalue weighted by molar-refractivity contribution is 7.99. The molecule has 0 aromatic heterocycles. The Hall–Kier alpha value is -0.710. The molecule has 1 N–H and O–H groups in total. The number of piperazine rings is 1. The Bertz CT molecular complexity index is 377. The average Bonchev–Trinajstić information content (AvgIpc) is 3.06. The Kier molecular flexibility index (Phi) is 3.04. The van der Waals surface area contributed by atoms with Crippen LogP contribution in [-0.2, 0) is 9.59 Å². The van der Waals surface area contributed by atoms with Crippen LogP contribution in [0.25, 0.3) is 0 Å². The van der Waals surface area contributed by atoms with Gasteiger partial charge < -0.3 is 10.2 Å². The third-order valence-electron chi connectivity index (χ3n) is 4.36. The van der Waals surface area contributed by atoms with Gasteiger partial charge in [0.1, 0.15) is 5.54 Å².